The lowest BCUT2D eigenvalue weighted by Gasteiger charge is -2.29. The Balaban J connectivity index is 1.69. The van der Waals surface area contributed by atoms with Crippen LogP contribution in [0.3, 0.4) is 0 Å². The van der Waals surface area contributed by atoms with Gasteiger partial charge < -0.3 is 11.1 Å². The molecule has 2 unspecified atom stereocenters. The summed E-state index contributed by atoms with van der Waals surface area (Å²) in [6.07, 6.45) is 2.38. The first-order chi connectivity index (χ1) is 12.1. The van der Waals surface area contributed by atoms with E-state index < -0.39 is 6.04 Å². The first kappa shape index (κ1) is 17.9. The normalized spacial score (nSPS) is 17.2. The fourth-order valence-corrected chi connectivity index (χ4v) is 3.54. The van der Waals surface area contributed by atoms with Crippen molar-refractivity contribution >= 4 is 17.5 Å². The van der Waals surface area contributed by atoms with Crippen LogP contribution in [0.25, 0.3) is 0 Å². The minimum Gasteiger partial charge on any atom is -0.353 e. The second kappa shape index (κ2) is 8.48. The predicted octanol–water partition coefficient (Wildman–Crippen LogP) is 3.29. The molecule has 1 fully saturated rings. The lowest BCUT2D eigenvalue weighted by molar-refractivity contribution is -0.122. The van der Waals surface area contributed by atoms with E-state index in [9.17, 15) is 4.79 Å². The van der Waals surface area contributed by atoms with Gasteiger partial charge in [-0.15, -0.1) is 0 Å². The molecule has 1 aliphatic rings. The molecule has 1 amide bonds. The van der Waals surface area contributed by atoms with Gasteiger partial charge in [-0.3, -0.25) is 9.69 Å². The van der Waals surface area contributed by atoms with E-state index in [0.717, 1.165) is 24.2 Å². The second-order valence-corrected chi connectivity index (χ2v) is 6.88. The average Bonchev–Trinajstić information content (AvgIpc) is 3.16. The number of hydrogen-bond donors (Lipinski definition) is 2. The molecule has 132 valence electrons. The number of halogens is 1. The molecule has 25 heavy (non-hydrogen) atoms. The highest BCUT2D eigenvalue weighted by molar-refractivity contribution is 6.30. The molecule has 0 spiro atoms. The average molecular weight is 358 g/mol. The van der Waals surface area contributed by atoms with Crippen LogP contribution < -0.4 is 11.1 Å². The van der Waals surface area contributed by atoms with Crippen molar-refractivity contribution < 1.29 is 4.79 Å². The standard InChI is InChI=1S/C20H24ClN3O/c21-17-10-6-9-16(13-17)18(24-11-4-5-12-24)14-23-20(25)19(22)15-7-2-1-3-8-15/h1-3,6-10,13,18-19H,4-5,11-12,14,22H2,(H,23,25). The number of rotatable bonds is 6. The Labute approximate surface area is 154 Å². The molecule has 2 aromatic rings. The summed E-state index contributed by atoms with van der Waals surface area (Å²) in [6, 6.07) is 16.8. The molecule has 1 heterocycles. The summed E-state index contributed by atoms with van der Waals surface area (Å²) >= 11 is 6.16. The zero-order valence-corrected chi connectivity index (χ0v) is 15.0. The highest BCUT2D eigenvalue weighted by Gasteiger charge is 2.25. The molecule has 0 bridgehead atoms. The minimum absolute atomic E-state index is 0.119. The molecule has 3 rings (SSSR count). The molecule has 2 atom stereocenters. The number of nitrogens with one attached hydrogen (secondary N) is 1. The maximum absolute atomic E-state index is 12.5. The van der Waals surface area contributed by atoms with Crippen molar-refractivity contribution in [3.8, 4) is 0 Å². The molecule has 4 nitrogen and oxygen atoms in total. The van der Waals surface area contributed by atoms with Crippen molar-refractivity contribution in [3.63, 3.8) is 0 Å². The summed E-state index contributed by atoms with van der Waals surface area (Å²) < 4.78 is 0. The van der Waals surface area contributed by atoms with Crippen LogP contribution in [0.1, 0.15) is 36.1 Å². The Kier molecular flexibility index (Phi) is 6.08. The van der Waals surface area contributed by atoms with Gasteiger partial charge in [-0.2, -0.15) is 0 Å². The van der Waals surface area contributed by atoms with Crippen molar-refractivity contribution in [3.05, 3.63) is 70.7 Å². The number of carbonyl (C=O) groups excluding carboxylic acids is 1. The molecule has 0 radical (unpaired) electrons. The molecule has 3 N–H and O–H groups in total. The first-order valence-electron chi connectivity index (χ1n) is 8.73. The van der Waals surface area contributed by atoms with Gasteiger partial charge in [0.1, 0.15) is 6.04 Å². The Hall–Kier alpha value is -1.88. The Morgan fingerprint density at radius 2 is 1.76 bits per heavy atom. The largest absolute Gasteiger partial charge is 0.353 e. The zero-order chi connectivity index (χ0) is 17.6. The van der Waals surface area contributed by atoms with E-state index in [0.29, 0.717) is 11.6 Å². The number of hydrogen-bond acceptors (Lipinski definition) is 3. The Morgan fingerprint density at radius 1 is 1.08 bits per heavy atom. The van der Waals surface area contributed by atoms with Gasteiger partial charge in [0.2, 0.25) is 5.91 Å². The quantitative estimate of drug-likeness (QED) is 0.834. The molecule has 0 aromatic heterocycles. The van der Waals surface area contributed by atoms with Gasteiger partial charge in [-0.05, 0) is 49.2 Å². The van der Waals surface area contributed by atoms with Gasteiger partial charge in [-0.1, -0.05) is 54.1 Å². The van der Waals surface area contributed by atoms with E-state index in [4.69, 9.17) is 17.3 Å². The van der Waals surface area contributed by atoms with Gasteiger partial charge in [0.15, 0.2) is 0 Å². The van der Waals surface area contributed by atoms with Gasteiger partial charge in [0, 0.05) is 11.6 Å². The fourth-order valence-electron chi connectivity index (χ4n) is 3.34. The molecule has 0 aliphatic carbocycles. The third-order valence-corrected chi connectivity index (χ3v) is 4.96. The lowest BCUT2D eigenvalue weighted by atomic mass is 10.0. The van der Waals surface area contributed by atoms with Crippen LogP contribution in [0, 0.1) is 0 Å². The summed E-state index contributed by atoms with van der Waals surface area (Å²) in [5.74, 6) is -0.155. The van der Waals surface area contributed by atoms with Gasteiger partial charge in [-0.25, -0.2) is 0 Å². The fraction of sp³-hybridized carbons (Fsp3) is 0.350. The van der Waals surface area contributed by atoms with Crippen LogP contribution >= 0.6 is 11.6 Å². The minimum atomic E-state index is -0.653. The van der Waals surface area contributed by atoms with Crippen LogP contribution in [0.15, 0.2) is 54.6 Å². The number of nitrogens with zero attached hydrogens (tertiary/aromatic N) is 1. The second-order valence-electron chi connectivity index (χ2n) is 6.45. The van der Waals surface area contributed by atoms with Gasteiger partial charge in [0.25, 0.3) is 0 Å². The maximum Gasteiger partial charge on any atom is 0.241 e. The van der Waals surface area contributed by atoms with E-state index in [1.165, 1.54) is 12.8 Å². The van der Waals surface area contributed by atoms with E-state index in [1.807, 2.05) is 48.5 Å². The number of nitrogens with two attached hydrogens (primary N) is 1. The topological polar surface area (TPSA) is 58.4 Å². The third-order valence-electron chi connectivity index (χ3n) is 4.73. The van der Waals surface area contributed by atoms with Gasteiger partial charge in [0.05, 0.1) is 6.04 Å². The van der Waals surface area contributed by atoms with E-state index in [2.05, 4.69) is 16.3 Å². The SMILES string of the molecule is NC(C(=O)NCC(c1cccc(Cl)c1)N1CCCC1)c1ccccc1. The number of benzene rings is 2. The van der Waals surface area contributed by atoms with E-state index >= 15 is 0 Å². The lowest BCUT2D eigenvalue weighted by Crippen LogP contribution is -2.40. The van der Waals surface area contributed by atoms with Crippen LogP contribution in [-0.4, -0.2) is 30.4 Å². The molecular formula is C20H24ClN3O. The predicted molar refractivity (Wildman–Crippen MR) is 101 cm³/mol. The van der Waals surface area contributed by atoms with Crippen molar-refractivity contribution in [2.24, 2.45) is 5.73 Å². The van der Waals surface area contributed by atoms with E-state index in [-0.39, 0.29) is 11.9 Å². The Morgan fingerprint density at radius 3 is 2.44 bits per heavy atom. The summed E-state index contributed by atoms with van der Waals surface area (Å²) in [5, 5.41) is 3.74. The summed E-state index contributed by atoms with van der Waals surface area (Å²) in [5.41, 5.74) is 8.04. The summed E-state index contributed by atoms with van der Waals surface area (Å²) in [4.78, 5) is 14.9. The molecule has 5 heteroatoms. The molecular weight excluding hydrogens is 334 g/mol. The van der Waals surface area contributed by atoms with Crippen molar-refractivity contribution in [1.29, 1.82) is 0 Å². The highest BCUT2D eigenvalue weighted by atomic mass is 35.5. The van der Waals surface area contributed by atoms with Crippen LogP contribution in [0.2, 0.25) is 5.02 Å². The summed E-state index contributed by atoms with van der Waals surface area (Å²) in [6.45, 7) is 2.61. The number of amides is 1. The monoisotopic (exact) mass is 357 g/mol. The molecule has 1 saturated heterocycles. The van der Waals surface area contributed by atoms with E-state index in [1.54, 1.807) is 0 Å². The van der Waals surface area contributed by atoms with Crippen LogP contribution in [-0.2, 0) is 4.79 Å². The summed E-state index contributed by atoms with van der Waals surface area (Å²) in [7, 11) is 0. The van der Waals surface area contributed by atoms with Crippen molar-refractivity contribution in [2.45, 2.75) is 24.9 Å². The third kappa shape index (κ3) is 4.60. The maximum atomic E-state index is 12.5. The zero-order valence-electron chi connectivity index (χ0n) is 14.2. The van der Waals surface area contributed by atoms with Gasteiger partial charge >= 0.3 is 0 Å². The number of likely N-dealkylation sites (tertiary alicyclic amines) is 1. The number of carbonyl (C=O) groups is 1. The molecule has 1 aliphatic heterocycles. The first-order valence-corrected chi connectivity index (χ1v) is 9.10. The van der Waals surface area contributed by atoms with Crippen LogP contribution in [0.4, 0.5) is 0 Å². The smallest absolute Gasteiger partial charge is 0.241 e. The Bertz CT molecular complexity index is 701. The van der Waals surface area contributed by atoms with Crippen LogP contribution in [0.5, 0.6) is 0 Å². The molecule has 2 aromatic carbocycles. The molecule has 0 saturated carbocycles. The highest BCUT2D eigenvalue weighted by Crippen LogP contribution is 2.26. The van der Waals surface area contributed by atoms with Crippen molar-refractivity contribution in [2.75, 3.05) is 19.6 Å². The van der Waals surface area contributed by atoms with Crippen molar-refractivity contribution in [1.82, 2.24) is 10.2 Å².